The van der Waals surface area contributed by atoms with E-state index in [0.717, 1.165) is 6.42 Å². The number of ether oxygens (including phenoxy) is 1. The Kier molecular flexibility index (Phi) is 5.95. The summed E-state index contributed by atoms with van der Waals surface area (Å²) in [5, 5.41) is 3.66. The van der Waals surface area contributed by atoms with E-state index >= 15 is 0 Å². The number of hydrogen-bond donors (Lipinski definition) is 1. The van der Waals surface area contributed by atoms with Crippen LogP contribution in [0.2, 0.25) is 0 Å². The molecule has 0 aromatic rings. The van der Waals surface area contributed by atoms with Crippen LogP contribution in [0.15, 0.2) is 0 Å². The Morgan fingerprint density at radius 2 is 2.13 bits per heavy atom. The summed E-state index contributed by atoms with van der Waals surface area (Å²) in [6, 6.07) is 1.03. The monoisotopic (exact) mass is 233 g/mol. The summed E-state index contributed by atoms with van der Waals surface area (Å²) in [5.74, 6) is 1.30. The fourth-order valence-corrected chi connectivity index (χ4v) is 2.67. The third-order valence-electron chi connectivity index (χ3n) is 3.38. The first-order chi connectivity index (χ1) is 7.17. The van der Waals surface area contributed by atoms with Gasteiger partial charge in [0, 0.05) is 25.1 Å². The summed E-state index contributed by atoms with van der Waals surface area (Å²) >= 11 is 5.96. The number of halogens is 1. The van der Waals surface area contributed by atoms with Gasteiger partial charge in [-0.15, -0.1) is 11.6 Å². The zero-order chi connectivity index (χ0) is 11.3. The highest BCUT2D eigenvalue weighted by atomic mass is 35.5. The van der Waals surface area contributed by atoms with Crippen molar-refractivity contribution in [2.24, 2.45) is 5.92 Å². The molecule has 0 heterocycles. The average Bonchev–Trinajstić information content (AvgIpc) is 2.25. The minimum atomic E-state index is 0.437. The molecule has 0 aliphatic heterocycles. The molecule has 1 aliphatic carbocycles. The van der Waals surface area contributed by atoms with E-state index in [-0.39, 0.29) is 0 Å². The number of hydrogen-bond acceptors (Lipinski definition) is 2. The van der Waals surface area contributed by atoms with Crippen molar-refractivity contribution in [2.45, 2.75) is 57.7 Å². The zero-order valence-electron chi connectivity index (χ0n) is 10.1. The van der Waals surface area contributed by atoms with Gasteiger partial charge < -0.3 is 10.1 Å². The molecule has 1 saturated carbocycles. The van der Waals surface area contributed by atoms with Crippen LogP contribution in [0.1, 0.15) is 39.5 Å². The minimum Gasteiger partial charge on any atom is -0.381 e. The average molecular weight is 234 g/mol. The van der Waals surface area contributed by atoms with Crippen LogP contribution in [-0.4, -0.2) is 31.2 Å². The van der Waals surface area contributed by atoms with Gasteiger partial charge in [-0.1, -0.05) is 13.8 Å². The Balaban J connectivity index is 2.36. The second-order valence-corrected chi connectivity index (χ2v) is 5.20. The van der Waals surface area contributed by atoms with E-state index in [4.69, 9.17) is 16.3 Å². The molecule has 90 valence electrons. The number of nitrogens with one attached hydrogen (secondary N) is 1. The van der Waals surface area contributed by atoms with Crippen LogP contribution in [0.3, 0.4) is 0 Å². The highest BCUT2D eigenvalue weighted by Gasteiger charge is 2.24. The van der Waals surface area contributed by atoms with Gasteiger partial charge >= 0.3 is 0 Å². The molecule has 0 saturated heterocycles. The zero-order valence-corrected chi connectivity index (χ0v) is 10.9. The van der Waals surface area contributed by atoms with E-state index < -0.39 is 0 Å². The maximum Gasteiger partial charge on any atom is 0.0586 e. The van der Waals surface area contributed by atoms with Crippen molar-refractivity contribution in [3.63, 3.8) is 0 Å². The Morgan fingerprint density at radius 1 is 1.40 bits per heavy atom. The van der Waals surface area contributed by atoms with Crippen molar-refractivity contribution in [3.8, 4) is 0 Å². The quantitative estimate of drug-likeness (QED) is 0.738. The van der Waals surface area contributed by atoms with Crippen LogP contribution in [-0.2, 0) is 4.74 Å². The van der Waals surface area contributed by atoms with Crippen LogP contribution in [0.4, 0.5) is 0 Å². The van der Waals surface area contributed by atoms with Gasteiger partial charge in [-0.3, -0.25) is 0 Å². The molecular formula is C12H24ClNO. The van der Waals surface area contributed by atoms with E-state index in [9.17, 15) is 0 Å². The predicted molar refractivity (Wildman–Crippen MR) is 65.5 cm³/mol. The van der Waals surface area contributed by atoms with Gasteiger partial charge in [0.15, 0.2) is 0 Å². The molecule has 15 heavy (non-hydrogen) atoms. The van der Waals surface area contributed by atoms with Crippen molar-refractivity contribution in [1.29, 1.82) is 0 Å². The van der Waals surface area contributed by atoms with Gasteiger partial charge in [-0.25, -0.2) is 0 Å². The summed E-state index contributed by atoms with van der Waals surface area (Å²) in [6.45, 7) is 4.44. The van der Waals surface area contributed by atoms with Crippen molar-refractivity contribution >= 4 is 11.6 Å². The Bertz CT molecular complexity index is 175. The molecule has 1 aliphatic rings. The van der Waals surface area contributed by atoms with Gasteiger partial charge in [0.1, 0.15) is 0 Å². The Hall–Kier alpha value is 0.210. The third kappa shape index (κ3) is 4.29. The summed E-state index contributed by atoms with van der Waals surface area (Å²) in [7, 11) is 1.81. The Morgan fingerprint density at radius 3 is 2.67 bits per heavy atom. The molecule has 3 atom stereocenters. The second-order valence-electron chi connectivity index (χ2n) is 4.89. The second kappa shape index (κ2) is 6.72. The minimum absolute atomic E-state index is 0.437. The van der Waals surface area contributed by atoms with Gasteiger partial charge in [0.05, 0.1) is 6.10 Å². The predicted octanol–water partition coefficient (Wildman–Crippen LogP) is 2.80. The Labute approximate surface area is 98.7 Å². The number of rotatable bonds is 5. The van der Waals surface area contributed by atoms with Crippen molar-refractivity contribution in [2.75, 3.05) is 13.0 Å². The standard InChI is InChI=1S/C12H24ClNO/c1-9(2)12(8-13)14-10-5-4-6-11(7-10)15-3/h9-12,14H,4-8H2,1-3H3. The summed E-state index contributed by atoms with van der Waals surface area (Å²) < 4.78 is 5.42. The molecule has 0 radical (unpaired) electrons. The lowest BCUT2D eigenvalue weighted by Gasteiger charge is -2.33. The number of alkyl halides is 1. The van der Waals surface area contributed by atoms with E-state index in [1.54, 1.807) is 0 Å². The van der Waals surface area contributed by atoms with Crippen LogP contribution < -0.4 is 5.32 Å². The highest BCUT2D eigenvalue weighted by molar-refractivity contribution is 6.18. The van der Waals surface area contributed by atoms with Gasteiger partial charge in [0.25, 0.3) is 0 Å². The van der Waals surface area contributed by atoms with E-state index in [1.165, 1.54) is 19.3 Å². The molecular weight excluding hydrogens is 210 g/mol. The van der Waals surface area contributed by atoms with Gasteiger partial charge in [-0.2, -0.15) is 0 Å². The molecule has 1 fully saturated rings. The molecule has 1 rings (SSSR count). The maximum absolute atomic E-state index is 5.96. The largest absolute Gasteiger partial charge is 0.381 e. The third-order valence-corrected chi connectivity index (χ3v) is 3.71. The first-order valence-corrected chi connectivity index (χ1v) is 6.55. The fraction of sp³-hybridized carbons (Fsp3) is 1.00. The van der Waals surface area contributed by atoms with Crippen LogP contribution in [0.5, 0.6) is 0 Å². The molecule has 0 aromatic carbocycles. The maximum atomic E-state index is 5.96. The van der Waals surface area contributed by atoms with Crippen molar-refractivity contribution < 1.29 is 4.74 Å². The van der Waals surface area contributed by atoms with Crippen molar-refractivity contribution in [1.82, 2.24) is 5.32 Å². The topological polar surface area (TPSA) is 21.3 Å². The molecule has 3 heteroatoms. The summed E-state index contributed by atoms with van der Waals surface area (Å²) in [4.78, 5) is 0. The SMILES string of the molecule is COC1CCCC(NC(CCl)C(C)C)C1. The van der Waals surface area contributed by atoms with Gasteiger partial charge in [-0.05, 0) is 31.6 Å². The first-order valence-electron chi connectivity index (χ1n) is 6.02. The molecule has 0 bridgehead atoms. The normalized spacial score (nSPS) is 29.4. The molecule has 0 aromatic heterocycles. The molecule has 3 unspecified atom stereocenters. The number of methoxy groups -OCH3 is 1. The fourth-order valence-electron chi connectivity index (χ4n) is 2.23. The van der Waals surface area contributed by atoms with Crippen molar-refractivity contribution in [3.05, 3.63) is 0 Å². The molecule has 1 N–H and O–H groups in total. The molecule has 0 spiro atoms. The van der Waals surface area contributed by atoms with E-state index in [0.29, 0.717) is 30.0 Å². The van der Waals surface area contributed by atoms with E-state index in [1.807, 2.05) is 7.11 Å². The summed E-state index contributed by atoms with van der Waals surface area (Å²) in [5.41, 5.74) is 0. The lowest BCUT2D eigenvalue weighted by Crippen LogP contribution is -2.45. The highest BCUT2D eigenvalue weighted by Crippen LogP contribution is 2.21. The first kappa shape index (κ1) is 13.3. The van der Waals surface area contributed by atoms with Crippen LogP contribution >= 0.6 is 11.6 Å². The lowest BCUT2D eigenvalue weighted by atomic mass is 9.91. The van der Waals surface area contributed by atoms with Gasteiger partial charge in [0.2, 0.25) is 0 Å². The lowest BCUT2D eigenvalue weighted by molar-refractivity contribution is 0.0563. The van der Waals surface area contributed by atoms with E-state index in [2.05, 4.69) is 19.2 Å². The smallest absolute Gasteiger partial charge is 0.0586 e. The molecule has 0 amide bonds. The van der Waals surface area contributed by atoms with Crippen LogP contribution in [0.25, 0.3) is 0 Å². The summed E-state index contributed by atoms with van der Waals surface area (Å²) in [6.07, 6.45) is 5.32. The molecule has 2 nitrogen and oxygen atoms in total. The van der Waals surface area contributed by atoms with Crippen LogP contribution in [0, 0.1) is 5.92 Å².